The van der Waals surface area contributed by atoms with Gasteiger partial charge in [0, 0.05) is 7.05 Å². The number of hydrogen-bond acceptors (Lipinski definition) is 2. The van der Waals surface area contributed by atoms with E-state index in [-0.39, 0.29) is 0 Å². The first-order valence-corrected chi connectivity index (χ1v) is 5.26. The van der Waals surface area contributed by atoms with E-state index in [0.717, 1.165) is 11.3 Å². The van der Waals surface area contributed by atoms with Crippen LogP contribution in [-0.4, -0.2) is 16.1 Å². The van der Waals surface area contributed by atoms with E-state index in [4.69, 9.17) is 5.73 Å². The predicted octanol–water partition coefficient (Wildman–Crippen LogP) is 1.94. The molecule has 0 radical (unpaired) electrons. The Balaban J connectivity index is 2.57. The fraction of sp³-hybridized carbons (Fsp3) is 0.417. The SMILES string of the molecule is Cc1nc2cc(C(C)CN)ccc2n1C. The maximum absolute atomic E-state index is 5.66. The molecule has 0 saturated heterocycles. The summed E-state index contributed by atoms with van der Waals surface area (Å²) in [5.74, 6) is 1.44. The molecule has 15 heavy (non-hydrogen) atoms. The van der Waals surface area contributed by atoms with Gasteiger partial charge < -0.3 is 10.3 Å². The Morgan fingerprint density at radius 3 is 2.87 bits per heavy atom. The van der Waals surface area contributed by atoms with Crippen LogP contribution in [0, 0.1) is 6.92 Å². The van der Waals surface area contributed by atoms with E-state index in [1.165, 1.54) is 11.1 Å². The molecule has 1 heterocycles. The van der Waals surface area contributed by atoms with Gasteiger partial charge in [0.2, 0.25) is 0 Å². The van der Waals surface area contributed by atoms with E-state index in [1.807, 2.05) is 14.0 Å². The van der Waals surface area contributed by atoms with Crippen molar-refractivity contribution in [3.8, 4) is 0 Å². The van der Waals surface area contributed by atoms with E-state index in [9.17, 15) is 0 Å². The number of imidazole rings is 1. The van der Waals surface area contributed by atoms with Crippen LogP contribution in [-0.2, 0) is 7.05 Å². The van der Waals surface area contributed by atoms with Gasteiger partial charge in [-0.15, -0.1) is 0 Å². The van der Waals surface area contributed by atoms with Gasteiger partial charge in [0.1, 0.15) is 5.82 Å². The highest BCUT2D eigenvalue weighted by molar-refractivity contribution is 5.76. The summed E-state index contributed by atoms with van der Waals surface area (Å²) >= 11 is 0. The quantitative estimate of drug-likeness (QED) is 0.810. The minimum Gasteiger partial charge on any atom is -0.331 e. The first-order chi connectivity index (χ1) is 7.13. The maximum Gasteiger partial charge on any atom is 0.106 e. The van der Waals surface area contributed by atoms with Crippen molar-refractivity contribution in [2.45, 2.75) is 19.8 Å². The Morgan fingerprint density at radius 1 is 1.47 bits per heavy atom. The van der Waals surface area contributed by atoms with Crippen LogP contribution < -0.4 is 5.73 Å². The van der Waals surface area contributed by atoms with Crippen molar-refractivity contribution < 1.29 is 0 Å². The zero-order valence-corrected chi connectivity index (χ0v) is 9.49. The average molecular weight is 203 g/mol. The zero-order chi connectivity index (χ0) is 11.0. The molecule has 0 aliphatic carbocycles. The van der Waals surface area contributed by atoms with E-state index in [2.05, 4.69) is 34.7 Å². The number of hydrogen-bond donors (Lipinski definition) is 1. The van der Waals surface area contributed by atoms with Crippen LogP contribution in [0.15, 0.2) is 18.2 Å². The molecule has 80 valence electrons. The summed E-state index contributed by atoms with van der Waals surface area (Å²) in [6, 6.07) is 6.40. The van der Waals surface area contributed by atoms with Crippen molar-refractivity contribution in [1.82, 2.24) is 9.55 Å². The van der Waals surface area contributed by atoms with Crippen LogP contribution in [0.5, 0.6) is 0 Å². The molecule has 0 amide bonds. The lowest BCUT2D eigenvalue weighted by molar-refractivity contribution is 0.775. The second-order valence-corrected chi connectivity index (χ2v) is 4.10. The number of aromatic nitrogens is 2. The largest absolute Gasteiger partial charge is 0.331 e. The van der Waals surface area contributed by atoms with Gasteiger partial charge in [-0.3, -0.25) is 0 Å². The number of rotatable bonds is 2. The summed E-state index contributed by atoms with van der Waals surface area (Å²) < 4.78 is 2.10. The summed E-state index contributed by atoms with van der Waals surface area (Å²) in [6.07, 6.45) is 0. The van der Waals surface area contributed by atoms with Crippen LogP contribution in [0.1, 0.15) is 24.2 Å². The van der Waals surface area contributed by atoms with Crippen molar-refractivity contribution >= 4 is 11.0 Å². The molecular formula is C12H17N3. The van der Waals surface area contributed by atoms with E-state index < -0.39 is 0 Å². The first-order valence-electron chi connectivity index (χ1n) is 5.26. The Morgan fingerprint density at radius 2 is 2.20 bits per heavy atom. The number of nitrogens with two attached hydrogens (primary N) is 1. The first kappa shape index (κ1) is 10.2. The standard InChI is InChI=1S/C12H17N3/c1-8(7-13)10-4-5-12-11(6-10)14-9(2)15(12)3/h4-6,8H,7,13H2,1-3H3. The van der Waals surface area contributed by atoms with Crippen molar-refractivity contribution in [1.29, 1.82) is 0 Å². The monoisotopic (exact) mass is 203 g/mol. The lowest BCUT2D eigenvalue weighted by Gasteiger charge is -2.08. The van der Waals surface area contributed by atoms with Crippen LogP contribution >= 0.6 is 0 Å². The summed E-state index contributed by atoms with van der Waals surface area (Å²) in [5.41, 5.74) is 9.17. The summed E-state index contributed by atoms with van der Waals surface area (Å²) in [6.45, 7) is 4.83. The molecule has 3 nitrogen and oxygen atoms in total. The molecule has 0 spiro atoms. The number of aryl methyl sites for hydroxylation is 2. The molecule has 0 bridgehead atoms. The highest BCUT2D eigenvalue weighted by atomic mass is 15.0. The fourth-order valence-corrected chi connectivity index (χ4v) is 1.78. The topological polar surface area (TPSA) is 43.8 Å². The fourth-order valence-electron chi connectivity index (χ4n) is 1.78. The van der Waals surface area contributed by atoms with Crippen LogP contribution in [0.25, 0.3) is 11.0 Å². The van der Waals surface area contributed by atoms with Gasteiger partial charge in [-0.2, -0.15) is 0 Å². The Bertz CT molecular complexity index is 485. The van der Waals surface area contributed by atoms with Crippen molar-refractivity contribution in [3.05, 3.63) is 29.6 Å². The number of benzene rings is 1. The summed E-state index contributed by atoms with van der Waals surface area (Å²) in [4.78, 5) is 4.51. The zero-order valence-electron chi connectivity index (χ0n) is 9.49. The van der Waals surface area contributed by atoms with Gasteiger partial charge in [0.25, 0.3) is 0 Å². The lowest BCUT2D eigenvalue weighted by atomic mass is 10.0. The van der Waals surface area contributed by atoms with Gasteiger partial charge in [0.15, 0.2) is 0 Å². The average Bonchev–Trinajstić information content (AvgIpc) is 2.53. The van der Waals surface area contributed by atoms with Gasteiger partial charge in [-0.25, -0.2) is 4.98 Å². The van der Waals surface area contributed by atoms with Gasteiger partial charge >= 0.3 is 0 Å². The molecule has 1 unspecified atom stereocenters. The lowest BCUT2D eigenvalue weighted by Crippen LogP contribution is -2.08. The third-order valence-corrected chi connectivity index (χ3v) is 3.05. The highest BCUT2D eigenvalue weighted by Crippen LogP contribution is 2.21. The molecule has 0 aliphatic rings. The smallest absolute Gasteiger partial charge is 0.106 e. The number of nitrogens with zero attached hydrogens (tertiary/aromatic N) is 2. The van der Waals surface area contributed by atoms with Crippen molar-refractivity contribution in [3.63, 3.8) is 0 Å². The molecule has 0 aliphatic heterocycles. The molecule has 1 aromatic carbocycles. The van der Waals surface area contributed by atoms with Crippen LogP contribution in [0.3, 0.4) is 0 Å². The highest BCUT2D eigenvalue weighted by Gasteiger charge is 2.07. The third-order valence-electron chi connectivity index (χ3n) is 3.05. The molecule has 3 heteroatoms. The van der Waals surface area contributed by atoms with Gasteiger partial charge in [0.05, 0.1) is 11.0 Å². The predicted molar refractivity (Wildman–Crippen MR) is 62.9 cm³/mol. The molecule has 1 atom stereocenters. The minimum atomic E-state index is 0.400. The molecule has 2 aromatic rings. The second-order valence-electron chi connectivity index (χ2n) is 4.10. The molecule has 1 aromatic heterocycles. The van der Waals surface area contributed by atoms with E-state index >= 15 is 0 Å². The van der Waals surface area contributed by atoms with Gasteiger partial charge in [-0.05, 0) is 37.1 Å². The maximum atomic E-state index is 5.66. The Hall–Kier alpha value is -1.35. The van der Waals surface area contributed by atoms with Crippen molar-refractivity contribution in [2.75, 3.05) is 6.54 Å². The van der Waals surface area contributed by atoms with Crippen LogP contribution in [0.2, 0.25) is 0 Å². The van der Waals surface area contributed by atoms with Gasteiger partial charge in [-0.1, -0.05) is 13.0 Å². The molecule has 0 fully saturated rings. The molecule has 2 rings (SSSR count). The Kier molecular flexibility index (Phi) is 2.49. The molecular weight excluding hydrogens is 186 g/mol. The normalized spacial score (nSPS) is 13.3. The minimum absolute atomic E-state index is 0.400. The summed E-state index contributed by atoms with van der Waals surface area (Å²) in [7, 11) is 2.04. The second kappa shape index (κ2) is 3.66. The van der Waals surface area contributed by atoms with Crippen LogP contribution in [0.4, 0.5) is 0 Å². The number of fused-ring (bicyclic) bond motifs is 1. The van der Waals surface area contributed by atoms with E-state index in [0.29, 0.717) is 12.5 Å². The van der Waals surface area contributed by atoms with Crippen molar-refractivity contribution in [2.24, 2.45) is 12.8 Å². The molecule has 0 saturated carbocycles. The third kappa shape index (κ3) is 1.63. The molecule has 2 N–H and O–H groups in total. The van der Waals surface area contributed by atoms with E-state index in [1.54, 1.807) is 0 Å². The Labute approximate surface area is 89.9 Å². The summed E-state index contributed by atoms with van der Waals surface area (Å²) in [5, 5.41) is 0.